The molecule has 0 spiro atoms. The van der Waals surface area contributed by atoms with E-state index >= 15 is 0 Å². The highest BCUT2D eigenvalue weighted by Crippen LogP contribution is 2.15. The Labute approximate surface area is 473 Å². The summed E-state index contributed by atoms with van der Waals surface area (Å²) in [4.78, 5) is 37.4. The molecule has 0 heterocycles. The van der Waals surface area contributed by atoms with E-state index < -0.39 is 24.3 Å². The summed E-state index contributed by atoms with van der Waals surface area (Å²) in [5, 5.41) is 9.70. The minimum absolute atomic E-state index is 0.182. The van der Waals surface area contributed by atoms with Crippen molar-refractivity contribution in [3.63, 3.8) is 0 Å². The summed E-state index contributed by atoms with van der Waals surface area (Å²) >= 11 is 0. The first-order valence-electron chi connectivity index (χ1n) is 31.1. The van der Waals surface area contributed by atoms with Crippen LogP contribution in [0.3, 0.4) is 0 Å². The van der Waals surface area contributed by atoms with Crippen LogP contribution in [0, 0.1) is 0 Å². The molecule has 0 rings (SSSR count). The number of carbonyl (C=O) groups is 3. The number of hydrogen-bond acceptors (Lipinski definition) is 7. The van der Waals surface area contributed by atoms with Gasteiger partial charge in [-0.2, -0.15) is 0 Å². The lowest BCUT2D eigenvalue weighted by molar-refractivity contribution is -0.870. The molecular formula is C68H116NO8+. The highest BCUT2D eigenvalue weighted by Gasteiger charge is 2.25. The Bertz CT molecular complexity index is 1630. The maximum absolute atomic E-state index is 12.9. The number of unbranched alkanes of at least 4 members (excludes halogenated alkanes) is 23. The molecule has 0 saturated heterocycles. The van der Waals surface area contributed by atoms with Crippen LogP contribution < -0.4 is 0 Å². The molecule has 9 nitrogen and oxygen atoms in total. The first kappa shape index (κ1) is 73.0. The fourth-order valence-corrected chi connectivity index (χ4v) is 8.26. The summed E-state index contributed by atoms with van der Waals surface area (Å²) in [5.74, 6) is -2.02. The van der Waals surface area contributed by atoms with Crippen molar-refractivity contribution < 1.29 is 42.9 Å². The SMILES string of the molecule is CC/C=C\C/C=C\C/C=C\C/C=C\C/C=C\C/C=C\C/C=C\C/C=C\CCCCCCCCCCCCCCC(=O)OC(COC(=O)CCCCCCC/C=C\CCCCCCCC)COC(OCC[N+](C)(C)C)C(=O)O. The Morgan fingerprint density at radius 1 is 0.403 bits per heavy atom. The van der Waals surface area contributed by atoms with Crippen LogP contribution >= 0.6 is 0 Å². The largest absolute Gasteiger partial charge is 0.477 e. The van der Waals surface area contributed by atoms with Crippen LogP contribution in [-0.4, -0.2) is 87.4 Å². The van der Waals surface area contributed by atoms with E-state index in [1.807, 2.05) is 21.1 Å². The minimum Gasteiger partial charge on any atom is -0.477 e. The average molecular weight is 1080 g/mol. The van der Waals surface area contributed by atoms with Crippen molar-refractivity contribution in [1.29, 1.82) is 0 Å². The molecule has 440 valence electrons. The third kappa shape index (κ3) is 59.5. The number of nitrogens with zero attached hydrogens (tertiary/aromatic N) is 1. The molecule has 0 aromatic rings. The van der Waals surface area contributed by atoms with Crippen LogP contribution in [0.2, 0.25) is 0 Å². The number of aliphatic carboxylic acids is 1. The van der Waals surface area contributed by atoms with Crippen molar-refractivity contribution in [1.82, 2.24) is 0 Å². The molecule has 0 aliphatic carbocycles. The van der Waals surface area contributed by atoms with E-state index in [9.17, 15) is 19.5 Å². The second-order valence-corrected chi connectivity index (χ2v) is 21.6. The monoisotopic (exact) mass is 1070 g/mol. The fourth-order valence-electron chi connectivity index (χ4n) is 8.26. The molecule has 1 N–H and O–H groups in total. The zero-order valence-corrected chi connectivity index (χ0v) is 50.1. The third-order valence-corrected chi connectivity index (χ3v) is 13.0. The van der Waals surface area contributed by atoms with Crippen molar-refractivity contribution in [3.05, 3.63) is 109 Å². The van der Waals surface area contributed by atoms with E-state index in [2.05, 4.69) is 123 Å². The molecule has 0 bridgehead atoms. The lowest BCUT2D eigenvalue weighted by Gasteiger charge is -2.25. The van der Waals surface area contributed by atoms with Crippen molar-refractivity contribution in [2.45, 2.75) is 257 Å². The second kappa shape index (κ2) is 58.1. The number of esters is 2. The Morgan fingerprint density at radius 3 is 1.12 bits per heavy atom. The first-order chi connectivity index (χ1) is 37.6. The minimum atomic E-state index is -1.52. The van der Waals surface area contributed by atoms with Crippen LogP contribution in [0.25, 0.3) is 0 Å². The number of carbonyl (C=O) groups excluding carboxylic acids is 2. The van der Waals surface area contributed by atoms with Crippen molar-refractivity contribution in [2.75, 3.05) is 47.5 Å². The van der Waals surface area contributed by atoms with Crippen LogP contribution in [0.1, 0.15) is 245 Å². The van der Waals surface area contributed by atoms with Crippen LogP contribution in [-0.2, 0) is 33.3 Å². The Morgan fingerprint density at radius 2 is 0.740 bits per heavy atom. The van der Waals surface area contributed by atoms with Gasteiger partial charge < -0.3 is 28.5 Å². The van der Waals surface area contributed by atoms with E-state index in [4.69, 9.17) is 18.9 Å². The number of rotatable bonds is 56. The summed E-state index contributed by atoms with van der Waals surface area (Å²) in [6, 6.07) is 0. The summed E-state index contributed by atoms with van der Waals surface area (Å²) < 4.78 is 22.9. The predicted molar refractivity (Wildman–Crippen MR) is 327 cm³/mol. The van der Waals surface area contributed by atoms with Crippen molar-refractivity contribution in [3.8, 4) is 0 Å². The van der Waals surface area contributed by atoms with Gasteiger partial charge in [0.25, 0.3) is 6.29 Å². The molecule has 9 heteroatoms. The van der Waals surface area contributed by atoms with Gasteiger partial charge in [-0.3, -0.25) is 9.59 Å². The summed E-state index contributed by atoms with van der Waals surface area (Å²) in [6.45, 7) is 4.74. The van der Waals surface area contributed by atoms with E-state index in [0.717, 1.165) is 109 Å². The zero-order chi connectivity index (χ0) is 56.2. The highest BCUT2D eigenvalue weighted by atomic mass is 16.7. The lowest BCUT2D eigenvalue weighted by Crippen LogP contribution is -2.40. The van der Waals surface area contributed by atoms with Gasteiger partial charge in [0.2, 0.25) is 0 Å². The summed E-state index contributed by atoms with van der Waals surface area (Å²) in [6.07, 6.45) is 77.5. The van der Waals surface area contributed by atoms with Gasteiger partial charge in [-0.15, -0.1) is 0 Å². The molecule has 0 fully saturated rings. The van der Waals surface area contributed by atoms with Gasteiger partial charge in [0.1, 0.15) is 13.2 Å². The van der Waals surface area contributed by atoms with Crippen LogP contribution in [0.15, 0.2) is 109 Å². The predicted octanol–water partition coefficient (Wildman–Crippen LogP) is 18.7. The molecule has 0 radical (unpaired) electrons. The van der Waals surface area contributed by atoms with Gasteiger partial charge in [0.15, 0.2) is 6.10 Å². The highest BCUT2D eigenvalue weighted by molar-refractivity contribution is 5.71. The topological polar surface area (TPSA) is 108 Å². The molecule has 0 aromatic heterocycles. The molecule has 0 saturated carbocycles. The molecule has 0 aromatic carbocycles. The van der Waals surface area contributed by atoms with Crippen molar-refractivity contribution >= 4 is 17.9 Å². The molecule has 77 heavy (non-hydrogen) atoms. The maximum Gasteiger partial charge on any atom is 0.361 e. The van der Waals surface area contributed by atoms with Gasteiger partial charge in [0.05, 0.1) is 34.4 Å². The fraction of sp³-hybridized carbons (Fsp3) is 0.691. The molecule has 0 amide bonds. The molecule has 0 aliphatic heterocycles. The molecule has 2 unspecified atom stereocenters. The first-order valence-corrected chi connectivity index (χ1v) is 31.1. The Balaban J connectivity index is 4.14. The standard InChI is InChI=1S/C68H115NO8/c1-6-8-10-12-14-16-18-20-22-23-24-25-26-27-28-29-30-31-32-33-34-35-36-37-38-39-40-41-42-43-45-47-49-51-53-55-57-59-66(71)77-64(63-76-68(67(72)73)74-61-60-69(3,4)5)62-75-65(70)58-56-54-52-50-48-46-44-21-19-17-15-13-11-9-7-2/h8,10,14,16,20-22,24-25,27-28,30-31,33-34,36-37,44,64,68H,6-7,9,11-13,15,17-19,23,26,29,32,35,38-43,45-63H2,1-5H3/p+1/b10-8-,16-14-,22-20-,25-24-,28-27-,31-30-,34-33-,37-36-,44-21-. The molecular weight excluding hydrogens is 959 g/mol. The van der Waals surface area contributed by atoms with Crippen LogP contribution in [0.4, 0.5) is 0 Å². The Kier molecular flexibility index (Phi) is 55.1. The smallest absolute Gasteiger partial charge is 0.361 e. The van der Waals surface area contributed by atoms with E-state index in [1.165, 1.54) is 103 Å². The number of hydrogen-bond donors (Lipinski definition) is 1. The second-order valence-electron chi connectivity index (χ2n) is 21.6. The number of carboxylic acid groups (broad SMARTS) is 1. The number of carboxylic acids is 1. The molecule has 0 aliphatic rings. The van der Waals surface area contributed by atoms with Gasteiger partial charge in [-0.05, 0) is 103 Å². The third-order valence-electron chi connectivity index (χ3n) is 13.0. The van der Waals surface area contributed by atoms with Crippen LogP contribution in [0.5, 0.6) is 0 Å². The van der Waals surface area contributed by atoms with Crippen molar-refractivity contribution in [2.24, 2.45) is 0 Å². The van der Waals surface area contributed by atoms with Gasteiger partial charge in [-0.1, -0.05) is 239 Å². The quantitative estimate of drug-likeness (QED) is 0.0211. The number of likely N-dealkylation sites (N-methyl/N-ethyl adjacent to an activating group) is 1. The van der Waals surface area contributed by atoms with E-state index in [0.29, 0.717) is 17.4 Å². The zero-order valence-electron chi connectivity index (χ0n) is 50.1. The average Bonchev–Trinajstić information content (AvgIpc) is 3.40. The van der Waals surface area contributed by atoms with Gasteiger partial charge >= 0.3 is 17.9 Å². The lowest BCUT2D eigenvalue weighted by atomic mass is 10.0. The molecule has 2 atom stereocenters. The number of allylic oxidation sites excluding steroid dienone is 18. The number of quaternary nitrogens is 1. The van der Waals surface area contributed by atoms with Gasteiger partial charge in [0, 0.05) is 12.8 Å². The summed E-state index contributed by atoms with van der Waals surface area (Å²) in [7, 11) is 5.96. The summed E-state index contributed by atoms with van der Waals surface area (Å²) in [5.41, 5.74) is 0. The Hall–Kier alpha value is -4.05. The van der Waals surface area contributed by atoms with Gasteiger partial charge in [-0.25, -0.2) is 4.79 Å². The number of ether oxygens (including phenoxy) is 4. The van der Waals surface area contributed by atoms with E-state index in [1.54, 1.807) is 0 Å². The van der Waals surface area contributed by atoms with E-state index in [-0.39, 0.29) is 38.6 Å². The normalized spacial score (nSPS) is 13.5. The maximum atomic E-state index is 12.9.